The molecule has 0 saturated heterocycles. The summed E-state index contributed by atoms with van der Waals surface area (Å²) < 4.78 is 7.01. The Kier molecular flexibility index (Phi) is 4.27. The van der Waals surface area contributed by atoms with E-state index in [0.717, 1.165) is 27.7 Å². The van der Waals surface area contributed by atoms with E-state index in [2.05, 4.69) is 5.10 Å². The largest absolute Gasteiger partial charge is 0.496 e. The maximum absolute atomic E-state index is 6.22. The molecule has 0 spiro atoms. The molecule has 2 aromatic rings. The van der Waals surface area contributed by atoms with E-state index in [1.165, 1.54) is 0 Å². The Morgan fingerprint density at radius 3 is 2.79 bits per heavy atom. The van der Waals surface area contributed by atoms with E-state index in [9.17, 15) is 0 Å². The lowest BCUT2D eigenvalue weighted by molar-refractivity contribution is 0.405. The van der Waals surface area contributed by atoms with Crippen LogP contribution in [-0.2, 0) is 12.8 Å². The minimum atomic E-state index is 0.680. The maximum atomic E-state index is 6.22. The highest BCUT2D eigenvalue weighted by molar-refractivity contribution is 7.98. The normalized spacial score (nSPS) is 10.7. The molecule has 19 heavy (non-hydrogen) atoms. The van der Waals surface area contributed by atoms with Crippen LogP contribution in [0, 0.1) is 6.92 Å². The summed E-state index contributed by atoms with van der Waals surface area (Å²) in [5.74, 6) is 1.53. The standard InChI is InChI=1S/C13H16ClN3OS/c1-8-10(13(14)17(2)16-8)7-19-12-5-4-9(15)6-11(12)18-3/h4-6H,7,15H2,1-3H3. The fourth-order valence-corrected chi connectivity index (χ4v) is 3.21. The van der Waals surface area contributed by atoms with Crippen LogP contribution >= 0.6 is 23.4 Å². The Bertz CT molecular complexity index is 598. The van der Waals surface area contributed by atoms with Crippen LogP contribution in [0.4, 0.5) is 5.69 Å². The summed E-state index contributed by atoms with van der Waals surface area (Å²) in [5, 5.41) is 4.98. The van der Waals surface area contributed by atoms with Crippen LogP contribution in [-0.4, -0.2) is 16.9 Å². The fourth-order valence-electron chi connectivity index (χ4n) is 1.79. The summed E-state index contributed by atoms with van der Waals surface area (Å²) in [4.78, 5) is 1.04. The zero-order valence-electron chi connectivity index (χ0n) is 11.1. The summed E-state index contributed by atoms with van der Waals surface area (Å²) in [6.45, 7) is 1.96. The van der Waals surface area contributed by atoms with Crippen molar-refractivity contribution in [1.82, 2.24) is 9.78 Å². The van der Waals surface area contributed by atoms with E-state index in [0.29, 0.717) is 10.8 Å². The molecule has 0 aliphatic rings. The van der Waals surface area contributed by atoms with Gasteiger partial charge in [-0.15, -0.1) is 11.8 Å². The minimum Gasteiger partial charge on any atom is -0.496 e. The van der Waals surface area contributed by atoms with Crippen molar-refractivity contribution in [3.63, 3.8) is 0 Å². The van der Waals surface area contributed by atoms with Gasteiger partial charge in [0.05, 0.1) is 12.8 Å². The number of methoxy groups -OCH3 is 1. The molecule has 0 aliphatic carbocycles. The van der Waals surface area contributed by atoms with Gasteiger partial charge in [0.2, 0.25) is 0 Å². The fraction of sp³-hybridized carbons (Fsp3) is 0.308. The summed E-state index contributed by atoms with van der Waals surface area (Å²) in [6, 6.07) is 5.64. The zero-order valence-corrected chi connectivity index (χ0v) is 12.7. The summed E-state index contributed by atoms with van der Waals surface area (Å²) in [7, 11) is 3.48. The van der Waals surface area contributed by atoms with E-state index in [1.54, 1.807) is 23.6 Å². The molecule has 2 rings (SSSR count). The zero-order chi connectivity index (χ0) is 14.0. The molecule has 0 saturated carbocycles. The lowest BCUT2D eigenvalue weighted by Gasteiger charge is -2.08. The topological polar surface area (TPSA) is 53.1 Å². The van der Waals surface area contributed by atoms with Gasteiger partial charge in [0.1, 0.15) is 10.9 Å². The first kappa shape index (κ1) is 14.1. The van der Waals surface area contributed by atoms with Crippen molar-refractivity contribution in [2.24, 2.45) is 7.05 Å². The molecule has 0 bridgehead atoms. The number of rotatable bonds is 4. The first-order chi connectivity index (χ1) is 9.02. The Balaban J connectivity index is 2.19. The number of halogens is 1. The predicted molar refractivity (Wildman–Crippen MR) is 79.9 cm³/mol. The molecule has 0 fully saturated rings. The van der Waals surface area contributed by atoms with Crippen molar-refractivity contribution < 1.29 is 4.74 Å². The number of aryl methyl sites for hydroxylation is 2. The predicted octanol–water partition coefficient (Wildman–Crippen LogP) is 3.27. The Hall–Kier alpha value is -1.33. The molecule has 0 aliphatic heterocycles. The van der Waals surface area contributed by atoms with Gasteiger partial charge in [-0.05, 0) is 19.1 Å². The lowest BCUT2D eigenvalue weighted by Crippen LogP contribution is -1.91. The molecule has 1 aromatic heterocycles. The van der Waals surface area contributed by atoms with Crippen LogP contribution in [0.15, 0.2) is 23.1 Å². The van der Waals surface area contributed by atoms with Crippen LogP contribution in [0.25, 0.3) is 0 Å². The van der Waals surface area contributed by atoms with E-state index in [4.69, 9.17) is 22.1 Å². The van der Waals surface area contributed by atoms with Crippen molar-refractivity contribution in [2.45, 2.75) is 17.6 Å². The summed E-state index contributed by atoms with van der Waals surface area (Å²) in [6.07, 6.45) is 0. The molecule has 4 nitrogen and oxygen atoms in total. The second-order valence-electron chi connectivity index (χ2n) is 4.18. The van der Waals surface area contributed by atoms with Crippen LogP contribution in [0.3, 0.4) is 0 Å². The molecule has 1 heterocycles. The molecular weight excluding hydrogens is 282 g/mol. The molecule has 0 unspecified atom stereocenters. The third-order valence-electron chi connectivity index (χ3n) is 2.83. The summed E-state index contributed by atoms with van der Waals surface area (Å²) >= 11 is 7.87. The average molecular weight is 298 g/mol. The van der Waals surface area contributed by atoms with E-state index in [1.807, 2.05) is 32.2 Å². The van der Waals surface area contributed by atoms with Gasteiger partial charge >= 0.3 is 0 Å². The number of hydrogen-bond donors (Lipinski definition) is 1. The van der Waals surface area contributed by atoms with Crippen molar-refractivity contribution in [1.29, 1.82) is 0 Å². The summed E-state index contributed by atoms with van der Waals surface area (Å²) in [5.41, 5.74) is 8.43. The number of benzene rings is 1. The highest BCUT2D eigenvalue weighted by Gasteiger charge is 2.12. The lowest BCUT2D eigenvalue weighted by atomic mass is 10.3. The van der Waals surface area contributed by atoms with Gasteiger partial charge in [-0.3, -0.25) is 4.68 Å². The number of nitrogens with two attached hydrogens (primary N) is 1. The van der Waals surface area contributed by atoms with E-state index < -0.39 is 0 Å². The van der Waals surface area contributed by atoms with Gasteiger partial charge in [-0.1, -0.05) is 11.6 Å². The second kappa shape index (κ2) is 5.75. The third-order valence-corrected chi connectivity index (χ3v) is 4.38. The van der Waals surface area contributed by atoms with Crippen LogP contribution in [0.1, 0.15) is 11.3 Å². The number of thioether (sulfide) groups is 1. The molecule has 0 atom stereocenters. The number of aromatic nitrogens is 2. The molecule has 2 N–H and O–H groups in total. The number of nitrogen functional groups attached to an aromatic ring is 1. The minimum absolute atomic E-state index is 0.680. The number of nitrogens with zero attached hydrogens (tertiary/aromatic N) is 2. The smallest absolute Gasteiger partial charge is 0.134 e. The third kappa shape index (κ3) is 2.98. The molecule has 102 valence electrons. The number of anilines is 1. The van der Waals surface area contributed by atoms with Crippen molar-refractivity contribution in [3.8, 4) is 5.75 Å². The van der Waals surface area contributed by atoms with Gasteiger partial charge in [-0.2, -0.15) is 5.10 Å². The monoisotopic (exact) mass is 297 g/mol. The highest BCUT2D eigenvalue weighted by atomic mass is 35.5. The highest BCUT2D eigenvalue weighted by Crippen LogP contribution is 2.35. The Labute approximate surface area is 121 Å². The van der Waals surface area contributed by atoms with Gasteiger partial charge in [-0.25, -0.2) is 0 Å². The Morgan fingerprint density at radius 2 is 2.21 bits per heavy atom. The maximum Gasteiger partial charge on any atom is 0.134 e. The average Bonchev–Trinajstić information content (AvgIpc) is 2.62. The SMILES string of the molecule is COc1cc(N)ccc1SCc1c(C)nn(C)c1Cl. The second-order valence-corrected chi connectivity index (χ2v) is 5.55. The Morgan fingerprint density at radius 1 is 1.47 bits per heavy atom. The van der Waals surface area contributed by atoms with Crippen molar-refractivity contribution in [2.75, 3.05) is 12.8 Å². The van der Waals surface area contributed by atoms with E-state index >= 15 is 0 Å². The first-order valence-electron chi connectivity index (χ1n) is 5.77. The van der Waals surface area contributed by atoms with Crippen LogP contribution in [0.5, 0.6) is 5.75 Å². The molecular formula is C13H16ClN3OS. The quantitative estimate of drug-likeness (QED) is 0.695. The van der Waals surface area contributed by atoms with Gasteiger partial charge in [0, 0.05) is 35.0 Å². The molecule has 0 radical (unpaired) electrons. The van der Waals surface area contributed by atoms with Gasteiger partial charge < -0.3 is 10.5 Å². The first-order valence-corrected chi connectivity index (χ1v) is 7.13. The number of ether oxygens (including phenoxy) is 1. The molecule has 1 aromatic carbocycles. The number of hydrogen-bond acceptors (Lipinski definition) is 4. The van der Waals surface area contributed by atoms with Crippen molar-refractivity contribution >= 4 is 29.1 Å². The van der Waals surface area contributed by atoms with Crippen LogP contribution in [0.2, 0.25) is 5.15 Å². The molecule has 6 heteroatoms. The van der Waals surface area contributed by atoms with Gasteiger partial charge in [0.15, 0.2) is 0 Å². The molecule has 0 amide bonds. The van der Waals surface area contributed by atoms with Crippen molar-refractivity contribution in [3.05, 3.63) is 34.6 Å². The van der Waals surface area contributed by atoms with Gasteiger partial charge in [0.25, 0.3) is 0 Å². The van der Waals surface area contributed by atoms with Crippen LogP contribution < -0.4 is 10.5 Å². The van der Waals surface area contributed by atoms with E-state index in [-0.39, 0.29) is 0 Å².